The third kappa shape index (κ3) is 3.42. The quantitative estimate of drug-likeness (QED) is 0.914. The molecule has 0 atom stereocenters. The monoisotopic (exact) mass is 324 g/mol. The van der Waals surface area contributed by atoms with E-state index in [1.54, 1.807) is 37.7 Å². The average molecular weight is 325 g/mol. The van der Waals surface area contributed by atoms with E-state index in [2.05, 4.69) is 25.9 Å². The Morgan fingerprint density at radius 1 is 1.26 bits per heavy atom. The zero-order valence-corrected chi connectivity index (χ0v) is 11.9. The van der Waals surface area contributed by atoms with Gasteiger partial charge in [-0.15, -0.1) is 0 Å². The van der Waals surface area contributed by atoms with Crippen LogP contribution >= 0.6 is 15.9 Å². The van der Waals surface area contributed by atoms with E-state index in [4.69, 9.17) is 14.6 Å². The molecule has 0 radical (unpaired) electrons. The maximum absolute atomic E-state index is 9.14. The molecule has 0 aliphatic carbocycles. The van der Waals surface area contributed by atoms with Crippen LogP contribution in [0.25, 0.3) is 0 Å². The van der Waals surface area contributed by atoms with Crippen molar-refractivity contribution < 1.29 is 14.6 Å². The van der Waals surface area contributed by atoms with Gasteiger partial charge in [0, 0.05) is 12.4 Å². The van der Waals surface area contributed by atoms with Crippen LogP contribution < -0.4 is 9.47 Å². The van der Waals surface area contributed by atoms with Crippen molar-refractivity contribution in [1.82, 2.24) is 9.97 Å². The summed E-state index contributed by atoms with van der Waals surface area (Å²) in [5, 5.41) is 9.14. The molecular weight excluding hydrogens is 312 g/mol. The van der Waals surface area contributed by atoms with Gasteiger partial charge in [-0.05, 0) is 39.7 Å². The van der Waals surface area contributed by atoms with Crippen LogP contribution in [0.3, 0.4) is 0 Å². The van der Waals surface area contributed by atoms with Gasteiger partial charge in [-0.3, -0.25) is 0 Å². The highest BCUT2D eigenvalue weighted by Gasteiger charge is 2.12. The Hall–Kier alpha value is -1.66. The number of aromatic nitrogens is 2. The van der Waals surface area contributed by atoms with Crippen LogP contribution in [0.2, 0.25) is 0 Å². The molecule has 0 spiro atoms. The Bertz CT molecular complexity index is 549. The van der Waals surface area contributed by atoms with Crippen molar-refractivity contribution in [3.63, 3.8) is 0 Å². The van der Waals surface area contributed by atoms with Crippen molar-refractivity contribution in [1.29, 1.82) is 0 Å². The second kappa shape index (κ2) is 6.49. The van der Waals surface area contributed by atoms with Crippen molar-refractivity contribution in [3.05, 3.63) is 46.5 Å². The minimum Gasteiger partial charge on any atom is -0.493 e. The summed E-state index contributed by atoms with van der Waals surface area (Å²) >= 11 is 3.40. The molecule has 19 heavy (non-hydrogen) atoms. The average Bonchev–Trinajstić information content (AvgIpc) is 2.46. The SMILES string of the molecule is COc1cc(CO)cc(Br)c1OCc1ncccn1. The first-order valence-electron chi connectivity index (χ1n) is 5.60. The molecule has 6 heteroatoms. The Labute approximate surface area is 119 Å². The van der Waals surface area contributed by atoms with Gasteiger partial charge in [-0.25, -0.2) is 9.97 Å². The summed E-state index contributed by atoms with van der Waals surface area (Å²) in [5.41, 5.74) is 0.743. The van der Waals surface area contributed by atoms with Crippen molar-refractivity contribution in [2.45, 2.75) is 13.2 Å². The fourth-order valence-electron chi connectivity index (χ4n) is 1.55. The molecule has 100 valence electrons. The number of halogens is 1. The number of nitrogens with zero attached hydrogens (tertiary/aromatic N) is 2. The third-order valence-electron chi connectivity index (χ3n) is 2.44. The predicted octanol–water partition coefficient (Wildman–Crippen LogP) is 2.32. The molecule has 0 bridgehead atoms. The molecule has 1 aromatic carbocycles. The molecule has 0 aliphatic rings. The van der Waals surface area contributed by atoms with Gasteiger partial charge >= 0.3 is 0 Å². The second-order valence-electron chi connectivity index (χ2n) is 3.72. The molecule has 5 nitrogen and oxygen atoms in total. The molecule has 0 fully saturated rings. The van der Waals surface area contributed by atoms with Crippen LogP contribution in [0.15, 0.2) is 35.1 Å². The largest absolute Gasteiger partial charge is 0.493 e. The van der Waals surface area contributed by atoms with E-state index in [-0.39, 0.29) is 13.2 Å². The highest BCUT2D eigenvalue weighted by atomic mass is 79.9. The Morgan fingerprint density at radius 3 is 2.63 bits per heavy atom. The number of ether oxygens (including phenoxy) is 2. The molecule has 1 heterocycles. The smallest absolute Gasteiger partial charge is 0.176 e. The topological polar surface area (TPSA) is 64.5 Å². The lowest BCUT2D eigenvalue weighted by Gasteiger charge is -2.13. The van der Waals surface area contributed by atoms with Crippen LogP contribution in [-0.2, 0) is 13.2 Å². The molecule has 1 aromatic heterocycles. The van der Waals surface area contributed by atoms with Gasteiger partial charge in [-0.2, -0.15) is 0 Å². The van der Waals surface area contributed by atoms with Crippen LogP contribution in [0, 0.1) is 0 Å². The van der Waals surface area contributed by atoms with E-state index in [0.717, 1.165) is 5.56 Å². The number of hydrogen-bond acceptors (Lipinski definition) is 5. The van der Waals surface area contributed by atoms with Gasteiger partial charge in [0.1, 0.15) is 6.61 Å². The van der Waals surface area contributed by atoms with Crippen molar-refractivity contribution in [3.8, 4) is 11.5 Å². The normalized spacial score (nSPS) is 10.3. The van der Waals surface area contributed by atoms with Gasteiger partial charge in [0.05, 0.1) is 18.2 Å². The van der Waals surface area contributed by atoms with Crippen molar-refractivity contribution in [2.75, 3.05) is 7.11 Å². The zero-order chi connectivity index (χ0) is 13.7. The molecule has 0 amide bonds. The number of methoxy groups -OCH3 is 1. The highest BCUT2D eigenvalue weighted by molar-refractivity contribution is 9.10. The fourth-order valence-corrected chi connectivity index (χ4v) is 2.15. The van der Waals surface area contributed by atoms with E-state index < -0.39 is 0 Å². The standard InChI is InChI=1S/C13H13BrN2O3/c1-18-11-6-9(7-17)5-10(14)13(11)19-8-12-15-3-2-4-16-12/h2-6,17H,7-8H2,1H3. The van der Waals surface area contributed by atoms with E-state index in [0.29, 0.717) is 21.8 Å². The lowest BCUT2D eigenvalue weighted by Crippen LogP contribution is -2.02. The van der Waals surface area contributed by atoms with Gasteiger partial charge in [0.25, 0.3) is 0 Å². The van der Waals surface area contributed by atoms with Crippen LogP contribution in [0.1, 0.15) is 11.4 Å². The molecule has 0 unspecified atom stereocenters. The lowest BCUT2D eigenvalue weighted by atomic mass is 10.2. The number of aliphatic hydroxyl groups excluding tert-OH is 1. The van der Waals surface area contributed by atoms with E-state index in [9.17, 15) is 0 Å². The number of rotatable bonds is 5. The Morgan fingerprint density at radius 2 is 2.00 bits per heavy atom. The van der Waals surface area contributed by atoms with Gasteiger partial charge in [0.2, 0.25) is 0 Å². The molecule has 2 aromatic rings. The summed E-state index contributed by atoms with van der Waals surface area (Å²) in [5.74, 6) is 1.70. The van der Waals surface area contributed by atoms with Crippen LogP contribution in [0.5, 0.6) is 11.5 Å². The number of benzene rings is 1. The third-order valence-corrected chi connectivity index (χ3v) is 3.03. The van der Waals surface area contributed by atoms with E-state index in [1.807, 2.05) is 0 Å². The predicted molar refractivity (Wildman–Crippen MR) is 73.0 cm³/mol. The highest BCUT2D eigenvalue weighted by Crippen LogP contribution is 2.37. The second-order valence-corrected chi connectivity index (χ2v) is 4.58. The molecule has 0 aliphatic heterocycles. The molecule has 0 saturated carbocycles. The van der Waals surface area contributed by atoms with E-state index >= 15 is 0 Å². The Balaban J connectivity index is 2.20. The summed E-state index contributed by atoms with van der Waals surface area (Å²) in [4.78, 5) is 8.16. The van der Waals surface area contributed by atoms with Gasteiger partial charge in [-0.1, -0.05) is 0 Å². The summed E-state index contributed by atoms with van der Waals surface area (Å²) in [7, 11) is 1.55. The minimum absolute atomic E-state index is 0.0585. The van der Waals surface area contributed by atoms with Gasteiger partial charge in [0.15, 0.2) is 17.3 Å². The molecular formula is C13H13BrN2O3. The first-order valence-corrected chi connectivity index (χ1v) is 6.40. The fraction of sp³-hybridized carbons (Fsp3) is 0.231. The van der Waals surface area contributed by atoms with Crippen LogP contribution in [0.4, 0.5) is 0 Å². The number of aliphatic hydroxyl groups is 1. The molecule has 1 N–H and O–H groups in total. The van der Waals surface area contributed by atoms with Crippen molar-refractivity contribution in [2.24, 2.45) is 0 Å². The summed E-state index contributed by atoms with van der Waals surface area (Å²) in [6.45, 7) is 0.186. The number of hydrogen-bond donors (Lipinski definition) is 1. The summed E-state index contributed by atoms with van der Waals surface area (Å²) < 4.78 is 11.6. The van der Waals surface area contributed by atoms with Crippen LogP contribution in [-0.4, -0.2) is 22.2 Å². The summed E-state index contributed by atoms with van der Waals surface area (Å²) in [6, 6.07) is 5.26. The first-order chi connectivity index (χ1) is 9.24. The molecule has 0 saturated heterocycles. The Kier molecular flexibility index (Phi) is 4.70. The van der Waals surface area contributed by atoms with Gasteiger partial charge < -0.3 is 14.6 Å². The maximum atomic E-state index is 9.14. The maximum Gasteiger partial charge on any atom is 0.176 e. The lowest BCUT2D eigenvalue weighted by molar-refractivity contribution is 0.268. The molecule has 2 rings (SSSR count). The minimum atomic E-state index is -0.0585. The first kappa shape index (κ1) is 13.8. The van der Waals surface area contributed by atoms with Crippen molar-refractivity contribution >= 4 is 15.9 Å². The van der Waals surface area contributed by atoms with E-state index in [1.165, 1.54) is 0 Å². The summed E-state index contributed by atoms with van der Waals surface area (Å²) in [6.07, 6.45) is 3.32. The zero-order valence-electron chi connectivity index (χ0n) is 10.3.